The first-order valence-corrected chi connectivity index (χ1v) is 13.5. The summed E-state index contributed by atoms with van der Waals surface area (Å²) in [6, 6.07) is 8.26. The molecule has 2 heterocycles. The smallest absolute Gasteiger partial charge is 0.382 e. The van der Waals surface area contributed by atoms with Gasteiger partial charge in [0.05, 0.1) is 10.4 Å². The molecule has 1 fully saturated rings. The van der Waals surface area contributed by atoms with Gasteiger partial charge >= 0.3 is 6.18 Å². The number of hydrogen-bond acceptors (Lipinski definition) is 6. The van der Waals surface area contributed by atoms with Crippen LogP contribution in [0.4, 0.5) is 18.9 Å². The molecular formula is C22H21ClF3N3O3S2. The highest BCUT2D eigenvalue weighted by molar-refractivity contribution is 7.92. The normalized spacial score (nSPS) is 19.2. The summed E-state index contributed by atoms with van der Waals surface area (Å²) in [6.45, 7) is 0. The van der Waals surface area contributed by atoms with Crippen molar-refractivity contribution in [2.75, 3.05) is 11.6 Å². The summed E-state index contributed by atoms with van der Waals surface area (Å²) in [6.07, 6.45) is -0.962. The van der Waals surface area contributed by atoms with E-state index in [1.165, 1.54) is 24.3 Å². The fraction of sp³-hybridized carbons (Fsp3) is 0.364. The Labute approximate surface area is 203 Å². The number of anilines is 1. The average molecular weight is 532 g/mol. The summed E-state index contributed by atoms with van der Waals surface area (Å²) in [5.41, 5.74) is -0.457. The molecule has 4 rings (SSSR count). The Kier molecular flexibility index (Phi) is 6.80. The summed E-state index contributed by atoms with van der Waals surface area (Å²) in [7, 11) is -3.37. The number of aromatic nitrogens is 1. The van der Waals surface area contributed by atoms with Crippen LogP contribution < -0.4 is 10.6 Å². The van der Waals surface area contributed by atoms with E-state index in [1.54, 1.807) is 6.07 Å². The molecule has 1 amide bonds. The second-order valence-corrected chi connectivity index (χ2v) is 12.0. The van der Waals surface area contributed by atoms with Crippen molar-refractivity contribution < 1.29 is 26.4 Å². The van der Waals surface area contributed by atoms with Gasteiger partial charge in [-0.2, -0.15) is 13.2 Å². The van der Waals surface area contributed by atoms with Crippen LogP contribution in [-0.2, 0) is 16.0 Å². The van der Waals surface area contributed by atoms with Crippen LogP contribution >= 0.6 is 22.9 Å². The number of rotatable bonds is 5. The number of carbonyl (C=O) groups is 1. The lowest BCUT2D eigenvalue weighted by Gasteiger charge is -2.30. The van der Waals surface area contributed by atoms with Crippen LogP contribution in [0.15, 0.2) is 40.6 Å². The molecule has 2 N–H and O–H groups in total. The van der Waals surface area contributed by atoms with Gasteiger partial charge in [-0.1, -0.05) is 11.6 Å². The first-order valence-electron chi connectivity index (χ1n) is 10.4. The number of carbonyl (C=O) groups excluding carboxylic acids is 1. The van der Waals surface area contributed by atoms with Crippen molar-refractivity contribution in [2.24, 2.45) is 0 Å². The number of alkyl halides is 3. The topological polar surface area (TPSA) is 88.2 Å². The largest absolute Gasteiger partial charge is 0.433 e. The zero-order chi connectivity index (χ0) is 24.7. The van der Waals surface area contributed by atoms with Crippen LogP contribution in [0.5, 0.6) is 0 Å². The molecule has 2 aromatic heterocycles. The predicted molar refractivity (Wildman–Crippen MR) is 126 cm³/mol. The van der Waals surface area contributed by atoms with Gasteiger partial charge < -0.3 is 10.6 Å². The van der Waals surface area contributed by atoms with E-state index < -0.39 is 21.7 Å². The van der Waals surface area contributed by atoms with Crippen LogP contribution in [0.2, 0.25) is 5.02 Å². The number of halogens is 4. The van der Waals surface area contributed by atoms with Gasteiger partial charge in [-0.15, -0.1) is 11.3 Å². The molecule has 34 heavy (non-hydrogen) atoms. The minimum Gasteiger partial charge on any atom is -0.382 e. The molecule has 0 spiro atoms. The lowest BCUT2D eigenvalue weighted by atomic mass is 9.90. The van der Waals surface area contributed by atoms with Gasteiger partial charge in [0.1, 0.15) is 9.90 Å². The van der Waals surface area contributed by atoms with Crippen molar-refractivity contribution in [2.45, 2.75) is 48.2 Å². The zero-order valence-electron chi connectivity index (χ0n) is 17.9. The molecule has 1 aromatic carbocycles. The highest BCUT2D eigenvalue weighted by atomic mass is 35.5. The fourth-order valence-electron chi connectivity index (χ4n) is 3.96. The van der Waals surface area contributed by atoms with E-state index in [0.717, 1.165) is 23.7 Å². The maximum atomic E-state index is 13.3. The number of amides is 1. The van der Waals surface area contributed by atoms with Gasteiger partial charge in [0.25, 0.3) is 5.91 Å². The summed E-state index contributed by atoms with van der Waals surface area (Å²) < 4.78 is 63.4. The van der Waals surface area contributed by atoms with E-state index in [0.29, 0.717) is 46.7 Å². The lowest BCUT2D eigenvalue weighted by molar-refractivity contribution is -0.140. The first-order chi connectivity index (χ1) is 15.9. The minimum atomic E-state index is -4.58. The van der Waals surface area contributed by atoms with Crippen molar-refractivity contribution in [3.8, 4) is 0 Å². The van der Waals surface area contributed by atoms with E-state index in [9.17, 15) is 26.4 Å². The van der Waals surface area contributed by atoms with E-state index >= 15 is 0 Å². The molecule has 0 bridgehead atoms. The number of hydrogen-bond donors (Lipinski definition) is 2. The Morgan fingerprint density at radius 2 is 1.76 bits per heavy atom. The highest BCUT2D eigenvalue weighted by Crippen LogP contribution is 2.35. The van der Waals surface area contributed by atoms with Crippen molar-refractivity contribution in [3.05, 3.63) is 52.0 Å². The van der Waals surface area contributed by atoms with Gasteiger partial charge in [0, 0.05) is 34.4 Å². The maximum Gasteiger partial charge on any atom is 0.433 e. The summed E-state index contributed by atoms with van der Waals surface area (Å²) >= 11 is 6.98. The number of fused-ring (bicyclic) bond motifs is 1. The molecule has 12 heteroatoms. The summed E-state index contributed by atoms with van der Waals surface area (Å²) in [5, 5.41) is 7.04. The monoisotopic (exact) mass is 531 g/mol. The van der Waals surface area contributed by atoms with Crippen LogP contribution in [0, 0.1) is 0 Å². The second-order valence-electron chi connectivity index (χ2n) is 8.27. The quantitative estimate of drug-likeness (QED) is 0.452. The van der Waals surface area contributed by atoms with Crippen molar-refractivity contribution in [1.82, 2.24) is 10.3 Å². The lowest BCUT2D eigenvalue weighted by Crippen LogP contribution is -2.40. The molecule has 0 atom stereocenters. The predicted octanol–water partition coefficient (Wildman–Crippen LogP) is 5.53. The van der Waals surface area contributed by atoms with Crippen molar-refractivity contribution in [1.29, 1.82) is 0 Å². The molecule has 1 saturated carbocycles. The molecule has 6 nitrogen and oxygen atoms in total. The zero-order valence-corrected chi connectivity index (χ0v) is 20.3. The standard InChI is InChI=1S/C22H21ClF3N3O3S2/c1-34(31,32)20-9-8-18(33-20)21(30)28-14-5-3-13(4-6-14)27-17-11-19(22(24,25)26)29-16-7-2-12(23)10-15(16)17/h2,7-11,13-14H,3-6H2,1H3,(H,27,29)(H,28,30). The molecule has 0 saturated heterocycles. The number of thiophene rings is 1. The van der Waals surface area contributed by atoms with Gasteiger partial charge in [-0.25, -0.2) is 13.4 Å². The fourth-order valence-corrected chi connectivity index (χ4v) is 5.97. The molecule has 0 radical (unpaired) electrons. The van der Waals surface area contributed by atoms with E-state index in [2.05, 4.69) is 15.6 Å². The van der Waals surface area contributed by atoms with Crippen LogP contribution in [0.25, 0.3) is 10.9 Å². The third kappa shape index (κ3) is 5.64. The number of nitrogens with zero attached hydrogens (tertiary/aromatic N) is 1. The molecule has 0 aliphatic heterocycles. The third-order valence-electron chi connectivity index (χ3n) is 5.65. The molecule has 182 valence electrons. The molecular weight excluding hydrogens is 511 g/mol. The molecule has 3 aromatic rings. The van der Waals surface area contributed by atoms with Gasteiger partial charge in [0.2, 0.25) is 0 Å². The Hall–Kier alpha value is -2.37. The van der Waals surface area contributed by atoms with E-state index in [4.69, 9.17) is 11.6 Å². The Balaban J connectivity index is 1.43. The number of sulfone groups is 1. The molecule has 1 aliphatic carbocycles. The van der Waals surface area contributed by atoms with Crippen LogP contribution in [0.1, 0.15) is 41.0 Å². The van der Waals surface area contributed by atoms with Gasteiger partial charge in [0.15, 0.2) is 9.84 Å². The van der Waals surface area contributed by atoms with Gasteiger partial charge in [-0.3, -0.25) is 4.79 Å². The Morgan fingerprint density at radius 3 is 2.38 bits per heavy atom. The number of pyridine rings is 1. The maximum absolute atomic E-state index is 13.3. The summed E-state index contributed by atoms with van der Waals surface area (Å²) in [4.78, 5) is 16.5. The van der Waals surface area contributed by atoms with Crippen LogP contribution in [-0.4, -0.2) is 37.6 Å². The SMILES string of the molecule is CS(=O)(=O)c1ccc(C(=O)NC2CCC(Nc3cc(C(F)(F)F)nc4ccc(Cl)cc34)CC2)s1. The van der Waals surface area contributed by atoms with Crippen molar-refractivity contribution >= 4 is 55.3 Å². The molecule has 1 aliphatic rings. The molecule has 0 unspecified atom stereocenters. The third-order valence-corrected chi connectivity index (χ3v) is 8.79. The second kappa shape index (κ2) is 9.35. The first kappa shape index (κ1) is 24.7. The minimum absolute atomic E-state index is 0.0857. The highest BCUT2D eigenvalue weighted by Gasteiger charge is 2.34. The Bertz CT molecular complexity index is 1330. The van der Waals surface area contributed by atoms with E-state index in [-0.39, 0.29) is 27.7 Å². The summed E-state index contributed by atoms with van der Waals surface area (Å²) in [5.74, 6) is -0.333. The average Bonchev–Trinajstić information content (AvgIpc) is 3.26. The van der Waals surface area contributed by atoms with Gasteiger partial charge in [-0.05, 0) is 62.1 Å². The van der Waals surface area contributed by atoms with Crippen LogP contribution in [0.3, 0.4) is 0 Å². The Morgan fingerprint density at radius 1 is 1.09 bits per heavy atom. The van der Waals surface area contributed by atoms with E-state index in [1.807, 2.05) is 0 Å². The van der Waals surface area contributed by atoms with Crippen molar-refractivity contribution in [3.63, 3.8) is 0 Å². The number of benzene rings is 1. The number of nitrogens with one attached hydrogen (secondary N) is 2.